The van der Waals surface area contributed by atoms with Crippen LogP contribution in [0, 0.1) is 11.3 Å². The zero-order valence-electron chi connectivity index (χ0n) is 18.1. The first-order valence-electron chi connectivity index (χ1n) is 10.7. The van der Waals surface area contributed by atoms with Crippen LogP contribution in [-0.4, -0.2) is 16.8 Å². The monoisotopic (exact) mass is 434 g/mol. The van der Waals surface area contributed by atoms with Crippen molar-refractivity contribution in [1.82, 2.24) is 10.2 Å². The van der Waals surface area contributed by atoms with Crippen LogP contribution >= 0.6 is 0 Å². The van der Waals surface area contributed by atoms with E-state index in [0.29, 0.717) is 18.1 Å². The molecule has 1 aliphatic rings. The minimum Gasteiger partial charge on any atom is -0.494 e. The zero-order chi connectivity index (χ0) is 22.8. The second-order valence-electron chi connectivity index (χ2n) is 7.69. The average molecular weight is 434 g/mol. The van der Waals surface area contributed by atoms with Crippen LogP contribution in [0.4, 0.5) is 0 Å². The molecule has 0 amide bonds. The Morgan fingerprint density at radius 3 is 2.30 bits per heavy atom. The number of benzene rings is 3. The van der Waals surface area contributed by atoms with Crippen molar-refractivity contribution in [2.45, 2.75) is 12.8 Å². The highest BCUT2D eigenvalue weighted by Crippen LogP contribution is 2.46. The first-order chi connectivity index (χ1) is 16.2. The summed E-state index contributed by atoms with van der Waals surface area (Å²) in [6.45, 7) is 2.55. The van der Waals surface area contributed by atoms with Crippen molar-refractivity contribution in [3.05, 3.63) is 101 Å². The van der Waals surface area contributed by atoms with Crippen LogP contribution in [0.2, 0.25) is 0 Å². The van der Waals surface area contributed by atoms with Crippen LogP contribution in [0.5, 0.6) is 11.6 Å². The van der Waals surface area contributed by atoms with E-state index in [1.165, 1.54) is 0 Å². The number of H-pyrrole nitrogens is 1. The molecule has 1 unspecified atom stereocenters. The molecule has 6 heteroatoms. The summed E-state index contributed by atoms with van der Waals surface area (Å²) in [5, 5.41) is 17.4. The minimum atomic E-state index is -0.399. The maximum absolute atomic E-state index is 9.93. The van der Waals surface area contributed by atoms with Crippen LogP contribution < -0.4 is 15.2 Å². The molecule has 0 saturated heterocycles. The third-order valence-corrected chi connectivity index (χ3v) is 5.74. The maximum atomic E-state index is 9.93. The lowest BCUT2D eigenvalue weighted by molar-refractivity contribution is 0.340. The van der Waals surface area contributed by atoms with Gasteiger partial charge in [0.05, 0.1) is 23.8 Å². The molecule has 0 saturated carbocycles. The molecule has 5 rings (SSSR count). The van der Waals surface area contributed by atoms with E-state index in [4.69, 9.17) is 15.2 Å². The molecule has 0 aliphatic carbocycles. The predicted molar refractivity (Wildman–Crippen MR) is 126 cm³/mol. The van der Waals surface area contributed by atoms with Crippen molar-refractivity contribution >= 4 is 0 Å². The van der Waals surface area contributed by atoms with Gasteiger partial charge in [-0.1, -0.05) is 54.6 Å². The van der Waals surface area contributed by atoms with Gasteiger partial charge in [-0.05, 0) is 47.9 Å². The summed E-state index contributed by atoms with van der Waals surface area (Å²) in [5.41, 5.74) is 12.1. The highest BCUT2D eigenvalue weighted by atomic mass is 16.5. The minimum absolute atomic E-state index is 0.0758. The molecule has 2 heterocycles. The summed E-state index contributed by atoms with van der Waals surface area (Å²) < 4.78 is 11.3. The molecule has 3 aromatic carbocycles. The summed E-state index contributed by atoms with van der Waals surface area (Å²) >= 11 is 0. The summed E-state index contributed by atoms with van der Waals surface area (Å²) in [5.74, 6) is 0.851. The standard InChI is InChI=1S/C27H22N4O2/c1-2-32-21-14-12-20(13-15-21)25-24-23(22(16-28)26(29)33-27(24)31-30-25)19-10-8-18(9-11-19)17-6-4-3-5-7-17/h3-15,23H,2,29H2,1H3,(H,30,31). The van der Waals surface area contributed by atoms with Gasteiger partial charge in [0.15, 0.2) is 0 Å². The van der Waals surface area contributed by atoms with Crippen LogP contribution in [0.1, 0.15) is 24.0 Å². The second kappa shape index (κ2) is 8.56. The lowest BCUT2D eigenvalue weighted by Crippen LogP contribution is -2.21. The van der Waals surface area contributed by atoms with Crippen LogP contribution in [0.3, 0.4) is 0 Å². The number of nitriles is 1. The summed E-state index contributed by atoms with van der Waals surface area (Å²) in [6, 6.07) is 28.3. The maximum Gasteiger partial charge on any atom is 0.244 e. The van der Waals surface area contributed by atoms with E-state index >= 15 is 0 Å². The molecule has 4 aromatic rings. The Morgan fingerprint density at radius 1 is 0.970 bits per heavy atom. The quantitative estimate of drug-likeness (QED) is 0.441. The van der Waals surface area contributed by atoms with Crippen molar-refractivity contribution in [2.75, 3.05) is 6.61 Å². The molecule has 0 fully saturated rings. The molecule has 0 radical (unpaired) electrons. The Morgan fingerprint density at radius 2 is 1.64 bits per heavy atom. The predicted octanol–water partition coefficient (Wildman–Crippen LogP) is 5.36. The van der Waals surface area contributed by atoms with Crippen molar-refractivity contribution in [1.29, 1.82) is 5.26 Å². The van der Waals surface area contributed by atoms with E-state index < -0.39 is 5.92 Å². The number of nitrogens with two attached hydrogens (primary N) is 1. The molecule has 33 heavy (non-hydrogen) atoms. The highest BCUT2D eigenvalue weighted by Gasteiger charge is 2.35. The van der Waals surface area contributed by atoms with Crippen LogP contribution in [-0.2, 0) is 0 Å². The summed E-state index contributed by atoms with van der Waals surface area (Å²) in [7, 11) is 0. The van der Waals surface area contributed by atoms with Gasteiger partial charge >= 0.3 is 0 Å². The molecule has 162 valence electrons. The number of aromatic nitrogens is 2. The van der Waals surface area contributed by atoms with Gasteiger partial charge in [0.1, 0.15) is 17.4 Å². The molecular weight excluding hydrogens is 412 g/mol. The SMILES string of the molecule is CCOc1ccc(-c2[nH]nc3c2C(c2ccc(-c4ccccc4)cc2)C(C#N)=C(N)O3)cc1. The number of nitrogens with one attached hydrogen (secondary N) is 1. The van der Waals surface area contributed by atoms with E-state index in [1.807, 2.05) is 61.5 Å². The van der Waals surface area contributed by atoms with E-state index in [1.54, 1.807) is 0 Å². The summed E-state index contributed by atoms with van der Waals surface area (Å²) in [4.78, 5) is 0. The highest BCUT2D eigenvalue weighted by molar-refractivity contribution is 5.72. The number of hydrogen-bond acceptors (Lipinski definition) is 5. The van der Waals surface area contributed by atoms with Gasteiger partial charge in [0, 0.05) is 5.56 Å². The number of rotatable bonds is 5. The molecule has 0 spiro atoms. The number of hydrogen-bond donors (Lipinski definition) is 2. The van der Waals surface area contributed by atoms with Crippen molar-refractivity contribution in [3.8, 4) is 40.1 Å². The van der Waals surface area contributed by atoms with E-state index in [0.717, 1.165) is 39.3 Å². The zero-order valence-corrected chi connectivity index (χ0v) is 18.1. The lowest BCUT2D eigenvalue weighted by atomic mass is 9.82. The Labute approximate surface area is 191 Å². The van der Waals surface area contributed by atoms with Gasteiger partial charge in [-0.15, -0.1) is 5.10 Å². The van der Waals surface area contributed by atoms with Crippen LogP contribution in [0.15, 0.2) is 90.3 Å². The summed E-state index contributed by atoms with van der Waals surface area (Å²) in [6.07, 6.45) is 0. The van der Waals surface area contributed by atoms with Crippen molar-refractivity contribution in [3.63, 3.8) is 0 Å². The Hall–Kier alpha value is -4.50. The molecule has 1 atom stereocenters. The Kier molecular flexibility index (Phi) is 5.29. The smallest absolute Gasteiger partial charge is 0.244 e. The number of aromatic amines is 1. The number of ether oxygens (including phenoxy) is 2. The fourth-order valence-electron chi connectivity index (χ4n) is 4.18. The fourth-order valence-corrected chi connectivity index (χ4v) is 4.18. The third kappa shape index (κ3) is 3.70. The van der Waals surface area contributed by atoms with E-state index in [9.17, 15) is 5.26 Å². The molecule has 3 N–H and O–H groups in total. The second-order valence-corrected chi connectivity index (χ2v) is 7.69. The van der Waals surface area contributed by atoms with Gasteiger partial charge in [0.2, 0.25) is 11.8 Å². The first-order valence-corrected chi connectivity index (χ1v) is 10.7. The Balaban J connectivity index is 1.59. The van der Waals surface area contributed by atoms with E-state index in [2.05, 4.69) is 40.5 Å². The molecule has 1 aliphatic heterocycles. The molecule has 1 aromatic heterocycles. The molecule has 6 nitrogen and oxygen atoms in total. The lowest BCUT2D eigenvalue weighted by Gasteiger charge is -2.24. The normalized spacial score (nSPS) is 14.8. The van der Waals surface area contributed by atoms with E-state index in [-0.39, 0.29) is 5.88 Å². The van der Waals surface area contributed by atoms with Gasteiger partial charge in [-0.25, -0.2) is 0 Å². The molecule has 0 bridgehead atoms. The van der Waals surface area contributed by atoms with Gasteiger partial charge in [-0.3, -0.25) is 5.10 Å². The van der Waals surface area contributed by atoms with Crippen molar-refractivity contribution in [2.24, 2.45) is 5.73 Å². The number of allylic oxidation sites excluding steroid dienone is 1. The third-order valence-electron chi connectivity index (χ3n) is 5.74. The van der Waals surface area contributed by atoms with Gasteiger partial charge < -0.3 is 15.2 Å². The van der Waals surface area contributed by atoms with Gasteiger partial charge in [0.25, 0.3) is 0 Å². The van der Waals surface area contributed by atoms with Gasteiger partial charge in [-0.2, -0.15) is 5.26 Å². The largest absolute Gasteiger partial charge is 0.494 e. The Bertz CT molecular complexity index is 1350. The number of fused-ring (bicyclic) bond motifs is 1. The van der Waals surface area contributed by atoms with Crippen LogP contribution in [0.25, 0.3) is 22.4 Å². The first kappa shape index (κ1) is 20.4. The topological polar surface area (TPSA) is 97.0 Å². The number of nitrogens with zero attached hydrogens (tertiary/aromatic N) is 2. The van der Waals surface area contributed by atoms with Crippen molar-refractivity contribution < 1.29 is 9.47 Å². The fraction of sp³-hybridized carbons (Fsp3) is 0.111. The average Bonchev–Trinajstić information content (AvgIpc) is 3.28. The molecular formula is C27H22N4O2.